The van der Waals surface area contributed by atoms with E-state index in [1.807, 2.05) is 13.0 Å². The number of pyridine rings is 1. The van der Waals surface area contributed by atoms with Gasteiger partial charge >= 0.3 is 0 Å². The molecule has 0 atom stereocenters. The molecule has 1 aliphatic rings. The van der Waals surface area contributed by atoms with Crippen LogP contribution >= 0.6 is 11.3 Å². The lowest BCUT2D eigenvalue weighted by Crippen LogP contribution is -2.22. The van der Waals surface area contributed by atoms with E-state index in [4.69, 9.17) is 0 Å². The third-order valence-corrected chi connectivity index (χ3v) is 6.04. The predicted molar refractivity (Wildman–Crippen MR) is 117 cm³/mol. The van der Waals surface area contributed by atoms with Crippen molar-refractivity contribution in [1.82, 2.24) is 4.98 Å². The van der Waals surface area contributed by atoms with Crippen LogP contribution in [-0.2, 0) is 0 Å². The van der Waals surface area contributed by atoms with E-state index < -0.39 is 11.7 Å². The largest absolute Gasteiger partial charge is 0.355 e. The molecule has 8 heteroatoms. The van der Waals surface area contributed by atoms with Gasteiger partial charge in [0.2, 0.25) is 0 Å². The molecular formula is C22H21FN4O2S. The molecule has 0 spiro atoms. The summed E-state index contributed by atoms with van der Waals surface area (Å²) in [6, 6.07) is 10.8. The van der Waals surface area contributed by atoms with E-state index in [9.17, 15) is 14.0 Å². The van der Waals surface area contributed by atoms with Gasteiger partial charge in [-0.2, -0.15) is 0 Å². The Labute approximate surface area is 177 Å². The molecule has 4 rings (SSSR count). The van der Waals surface area contributed by atoms with Gasteiger partial charge in [0.15, 0.2) is 5.82 Å². The summed E-state index contributed by atoms with van der Waals surface area (Å²) in [6.45, 7) is 3.66. The van der Waals surface area contributed by atoms with Crippen LogP contribution in [-0.4, -0.2) is 29.9 Å². The summed E-state index contributed by atoms with van der Waals surface area (Å²) in [7, 11) is 0. The summed E-state index contributed by atoms with van der Waals surface area (Å²) in [5, 5.41) is 6.22. The van der Waals surface area contributed by atoms with Crippen LogP contribution in [0.15, 0.2) is 48.7 Å². The lowest BCUT2D eigenvalue weighted by Gasteiger charge is -2.19. The summed E-state index contributed by atoms with van der Waals surface area (Å²) in [5.74, 6) is -0.379. The van der Waals surface area contributed by atoms with Crippen molar-refractivity contribution in [1.29, 1.82) is 0 Å². The highest BCUT2D eigenvalue weighted by atomic mass is 32.1. The fourth-order valence-corrected chi connectivity index (χ4v) is 4.40. The summed E-state index contributed by atoms with van der Waals surface area (Å²) in [5.41, 5.74) is 1.64. The van der Waals surface area contributed by atoms with Crippen molar-refractivity contribution >= 4 is 39.7 Å². The van der Waals surface area contributed by atoms with Crippen LogP contribution in [0.25, 0.3) is 0 Å². The van der Waals surface area contributed by atoms with Gasteiger partial charge < -0.3 is 15.5 Å². The maximum atomic E-state index is 13.4. The number of carbonyl (C=O) groups excluding carboxylic acids is 2. The van der Waals surface area contributed by atoms with Crippen molar-refractivity contribution in [2.75, 3.05) is 28.6 Å². The number of carbonyl (C=O) groups is 2. The van der Waals surface area contributed by atoms with Gasteiger partial charge in [0.1, 0.15) is 5.82 Å². The number of rotatable bonds is 5. The second-order valence-corrected chi connectivity index (χ2v) is 8.16. The number of hydrogen-bond acceptors (Lipinski definition) is 5. The number of hydrogen-bond donors (Lipinski definition) is 2. The summed E-state index contributed by atoms with van der Waals surface area (Å²) in [4.78, 5) is 32.4. The molecule has 3 heterocycles. The van der Waals surface area contributed by atoms with E-state index in [2.05, 4.69) is 20.5 Å². The standard InChI is InChI=1S/C22H21FN4O2S/c1-14-12-18(26-21(28)15-6-4-7-16(23)13-15)30-19(14)22(29)25-17-8-5-9-24-20(17)27-10-2-3-11-27/h4-9,12-13H,2-3,10-11H2,1H3,(H,25,29)(H,26,28). The monoisotopic (exact) mass is 424 g/mol. The molecule has 1 aromatic carbocycles. The number of nitrogens with one attached hydrogen (secondary N) is 2. The topological polar surface area (TPSA) is 74.3 Å². The maximum Gasteiger partial charge on any atom is 0.266 e. The Morgan fingerprint density at radius 1 is 1.07 bits per heavy atom. The summed E-state index contributed by atoms with van der Waals surface area (Å²) < 4.78 is 13.4. The number of thiophene rings is 1. The molecule has 0 aliphatic carbocycles. The lowest BCUT2D eigenvalue weighted by atomic mass is 10.2. The van der Waals surface area contributed by atoms with Gasteiger partial charge in [0, 0.05) is 24.8 Å². The highest BCUT2D eigenvalue weighted by Crippen LogP contribution is 2.30. The Kier molecular flexibility index (Phi) is 5.76. The molecule has 0 bridgehead atoms. The number of aromatic nitrogens is 1. The molecule has 2 amide bonds. The smallest absolute Gasteiger partial charge is 0.266 e. The average molecular weight is 425 g/mol. The fraction of sp³-hybridized carbons (Fsp3) is 0.227. The number of aryl methyl sites for hydroxylation is 1. The Balaban J connectivity index is 1.50. The van der Waals surface area contributed by atoms with Gasteiger partial charge in [0.25, 0.3) is 11.8 Å². The van der Waals surface area contributed by atoms with Crippen LogP contribution in [0.2, 0.25) is 0 Å². The first-order valence-electron chi connectivity index (χ1n) is 9.70. The zero-order valence-electron chi connectivity index (χ0n) is 16.4. The molecule has 0 radical (unpaired) electrons. The Bertz CT molecular complexity index is 1090. The van der Waals surface area contributed by atoms with Crippen molar-refractivity contribution < 1.29 is 14.0 Å². The minimum Gasteiger partial charge on any atom is -0.355 e. The second-order valence-electron chi connectivity index (χ2n) is 7.11. The van der Waals surface area contributed by atoms with E-state index in [0.717, 1.165) is 37.3 Å². The van der Waals surface area contributed by atoms with Gasteiger partial charge in [-0.1, -0.05) is 6.07 Å². The minimum atomic E-state index is -0.477. The molecule has 30 heavy (non-hydrogen) atoms. The molecule has 1 saturated heterocycles. The zero-order valence-corrected chi connectivity index (χ0v) is 17.3. The predicted octanol–water partition coefficient (Wildman–Crippen LogP) is 4.70. The minimum absolute atomic E-state index is 0.220. The first kappa shape index (κ1) is 20.0. The molecule has 1 aliphatic heterocycles. The number of halogens is 1. The Morgan fingerprint density at radius 3 is 2.63 bits per heavy atom. The Hall–Kier alpha value is -3.26. The van der Waals surface area contributed by atoms with Crippen molar-refractivity contribution in [2.24, 2.45) is 0 Å². The molecule has 0 unspecified atom stereocenters. The van der Waals surface area contributed by atoms with Crippen molar-refractivity contribution in [3.05, 3.63) is 70.5 Å². The number of anilines is 3. The van der Waals surface area contributed by atoms with Crippen LogP contribution in [0.4, 0.5) is 20.9 Å². The molecule has 0 saturated carbocycles. The van der Waals surface area contributed by atoms with Crippen LogP contribution in [0, 0.1) is 12.7 Å². The maximum absolute atomic E-state index is 13.4. The van der Waals surface area contributed by atoms with Crippen LogP contribution < -0.4 is 15.5 Å². The van der Waals surface area contributed by atoms with Crippen molar-refractivity contribution in [3.8, 4) is 0 Å². The summed E-state index contributed by atoms with van der Waals surface area (Å²) >= 11 is 1.18. The van der Waals surface area contributed by atoms with Crippen LogP contribution in [0.5, 0.6) is 0 Å². The number of benzene rings is 1. The van der Waals surface area contributed by atoms with Gasteiger partial charge in [-0.25, -0.2) is 9.37 Å². The van der Waals surface area contributed by atoms with E-state index >= 15 is 0 Å². The molecule has 2 aromatic heterocycles. The van der Waals surface area contributed by atoms with Crippen molar-refractivity contribution in [2.45, 2.75) is 19.8 Å². The van der Waals surface area contributed by atoms with Gasteiger partial charge in [-0.15, -0.1) is 11.3 Å². The molecule has 154 valence electrons. The fourth-order valence-electron chi connectivity index (χ4n) is 3.44. The van der Waals surface area contributed by atoms with E-state index in [1.54, 1.807) is 18.3 Å². The van der Waals surface area contributed by atoms with Crippen LogP contribution in [0.3, 0.4) is 0 Å². The van der Waals surface area contributed by atoms with E-state index in [-0.39, 0.29) is 11.5 Å². The lowest BCUT2D eigenvalue weighted by molar-refractivity contribution is 0.102. The highest BCUT2D eigenvalue weighted by molar-refractivity contribution is 7.18. The van der Waals surface area contributed by atoms with E-state index in [1.165, 1.54) is 35.6 Å². The third kappa shape index (κ3) is 4.33. The normalized spacial score (nSPS) is 13.3. The second kappa shape index (κ2) is 8.62. The average Bonchev–Trinajstić information content (AvgIpc) is 3.38. The van der Waals surface area contributed by atoms with Gasteiger partial charge in [0.05, 0.1) is 15.6 Å². The van der Waals surface area contributed by atoms with Gasteiger partial charge in [-0.05, 0) is 61.7 Å². The van der Waals surface area contributed by atoms with Crippen molar-refractivity contribution in [3.63, 3.8) is 0 Å². The quantitative estimate of drug-likeness (QED) is 0.623. The van der Waals surface area contributed by atoms with Gasteiger partial charge in [-0.3, -0.25) is 9.59 Å². The first-order chi connectivity index (χ1) is 14.5. The molecule has 1 fully saturated rings. The van der Waals surface area contributed by atoms with E-state index in [0.29, 0.717) is 15.6 Å². The molecule has 2 N–H and O–H groups in total. The Morgan fingerprint density at radius 2 is 1.87 bits per heavy atom. The zero-order chi connectivity index (χ0) is 21.1. The molecular weight excluding hydrogens is 403 g/mol. The molecule has 6 nitrogen and oxygen atoms in total. The first-order valence-corrected chi connectivity index (χ1v) is 10.5. The highest BCUT2D eigenvalue weighted by Gasteiger charge is 2.20. The number of nitrogens with zero attached hydrogens (tertiary/aromatic N) is 2. The summed E-state index contributed by atoms with van der Waals surface area (Å²) in [6.07, 6.45) is 3.95. The molecule has 3 aromatic rings. The van der Waals surface area contributed by atoms with Crippen LogP contribution in [0.1, 0.15) is 38.4 Å². The third-order valence-electron chi connectivity index (χ3n) is 4.89. The number of amides is 2. The SMILES string of the molecule is Cc1cc(NC(=O)c2cccc(F)c2)sc1C(=O)Nc1cccnc1N1CCCC1.